The molecule has 0 saturated carbocycles. The van der Waals surface area contributed by atoms with Crippen molar-refractivity contribution in [1.82, 2.24) is 4.57 Å². The van der Waals surface area contributed by atoms with Crippen LogP contribution < -0.4 is 0 Å². The van der Waals surface area contributed by atoms with Crippen LogP contribution in [0.5, 0.6) is 5.88 Å². The Kier molecular flexibility index (Phi) is 6.02. The summed E-state index contributed by atoms with van der Waals surface area (Å²) < 4.78 is 2.10. The summed E-state index contributed by atoms with van der Waals surface area (Å²) in [5, 5.41) is 18.6. The quantitative estimate of drug-likeness (QED) is 0.621. The normalized spacial score (nSPS) is 10.3. The van der Waals surface area contributed by atoms with E-state index in [-0.39, 0.29) is 12.3 Å². The number of hydrogen-bond donors (Lipinski definition) is 2. The van der Waals surface area contributed by atoms with Gasteiger partial charge in [0.05, 0.1) is 4.88 Å². The molecule has 2 N–H and O–H groups in total. The summed E-state index contributed by atoms with van der Waals surface area (Å²) in [6.45, 7) is 4.49. The van der Waals surface area contributed by atoms with Crippen LogP contribution in [-0.2, 0) is 11.3 Å². The highest BCUT2D eigenvalue weighted by molar-refractivity contribution is 7.73. The maximum Gasteiger partial charge on any atom is 0.303 e. The molecule has 104 valence electrons. The first-order chi connectivity index (χ1) is 8.91. The van der Waals surface area contributed by atoms with Crippen LogP contribution in [0.2, 0.25) is 0 Å². The molecule has 0 unspecified atom stereocenters. The molecule has 0 aromatic carbocycles. The Hall–Kier alpha value is -1.36. The van der Waals surface area contributed by atoms with Gasteiger partial charge in [0.1, 0.15) is 0 Å². The number of rotatable bonds is 6. The number of allylic oxidation sites excluding steroid dienone is 1. The number of aliphatic carboxylic acids is 1. The van der Waals surface area contributed by atoms with Gasteiger partial charge < -0.3 is 10.2 Å². The van der Waals surface area contributed by atoms with Crippen LogP contribution in [0.25, 0.3) is 6.08 Å². The Bertz CT molecular complexity index is 563. The van der Waals surface area contributed by atoms with Gasteiger partial charge in [0.2, 0.25) is 5.88 Å². The number of aromatic nitrogens is 1. The highest BCUT2D eigenvalue weighted by Crippen LogP contribution is 2.27. The molecule has 0 aliphatic heterocycles. The molecule has 1 rings (SSSR count). The van der Waals surface area contributed by atoms with Gasteiger partial charge in [-0.05, 0) is 30.6 Å². The number of carboxylic acid groups (broad SMARTS) is 1. The number of carboxylic acids is 1. The minimum absolute atomic E-state index is 0.0650. The molecule has 0 radical (unpaired) electrons. The monoisotopic (exact) mass is 299 g/mol. The molecule has 0 amide bonds. The van der Waals surface area contributed by atoms with E-state index in [1.54, 1.807) is 10.6 Å². The first-order valence-electron chi connectivity index (χ1n) is 5.98. The number of aromatic hydroxyl groups is 1. The molecule has 0 bridgehead atoms. The summed E-state index contributed by atoms with van der Waals surface area (Å²) in [6, 6.07) is 0. The summed E-state index contributed by atoms with van der Waals surface area (Å²) in [7, 11) is 0. The second-order valence-electron chi connectivity index (χ2n) is 4.43. The van der Waals surface area contributed by atoms with E-state index in [1.165, 1.54) is 11.3 Å². The van der Waals surface area contributed by atoms with E-state index >= 15 is 0 Å². The average Bonchev–Trinajstić information content (AvgIpc) is 2.56. The smallest absolute Gasteiger partial charge is 0.303 e. The van der Waals surface area contributed by atoms with Gasteiger partial charge in [-0.1, -0.05) is 13.8 Å². The minimum atomic E-state index is -0.846. The molecule has 0 atom stereocenters. The van der Waals surface area contributed by atoms with E-state index in [9.17, 15) is 9.90 Å². The van der Waals surface area contributed by atoms with E-state index in [0.717, 1.165) is 0 Å². The van der Waals surface area contributed by atoms with Crippen molar-refractivity contribution < 1.29 is 15.0 Å². The summed E-state index contributed by atoms with van der Waals surface area (Å²) >= 11 is 6.45. The molecule has 0 aliphatic carbocycles. The van der Waals surface area contributed by atoms with Crippen molar-refractivity contribution in [2.75, 3.05) is 0 Å². The van der Waals surface area contributed by atoms with Crippen LogP contribution in [0, 0.1) is 9.87 Å². The third-order valence-electron chi connectivity index (χ3n) is 2.31. The van der Waals surface area contributed by atoms with E-state index in [2.05, 4.69) is 5.73 Å². The van der Waals surface area contributed by atoms with Crippen LogP contribution in [-0.4, -0.2) is 20.7 Å². The number of nitrogens with zero attached hydrogens (tertiary/aromatic N) is 1. The van der Waals surface area contributed by atoms with E-state index in [1.807, 2.05) is 19.9 Å². The van der Waals surface area contributed by atoms with E-state index < -0.39 is 5.97 Å². The van der Waals surface area contributed by atoms with Crippen molar-refractivity contribution in [3.63, 3.8) is 0 Å². The van der Waals surface area contributed by atoms with Gasteiger partial charge in [0.25, 0.3) is 0 Å². The van der Waals surface area contributed by atoms with Gasteiger partial charge in [0, 0.05) is 19.0 Å². The van der Waals surface area contributed by atoms with Crippen LogP contribution in [0.1, 0.15) is 31.6 Å². The molecule has 0 saturated heterocycles. The van der Waals surface area contributed by atoms with Crippen molar-refractivity contribution in [3.8, 4) is 5.88 Å². The van der Waals surface area contributed by atoms with Crippen molar-refractivity contribution in [2.24, 2.45) is 5.92 Å². The number of carbonyl (C=O) groups is 1. The van der Waals surface area contributed by atoms with Gasteiger partial charge in [-0.2, -0.15) is 0 Å². The predicted octanol–water partition coefficient (Wildman–Crippen LogP) is 3.67. The lowest BCUT2D eigenvalue weighted by Gasteiger charge is -2.02. The van der Waals surface area contributed by atoms with Gasteiger partial charge in [0.15, 0.2) is 3.95 Å². The fraction of sp³-hybridized carbons (Fsp3) is 0.462. The van der Waals surface area contributed by atoms with Gasteiger partial charge >= 0.3 is 5.97 Å². The maximum absolute atomic E-state index is 10.5. The molecule has 4 nitrogen and oxygen atoms in total. The lowest BCUT2D eigenvalue weighted by atomic mass is 10.2. The van der Waals surface area contributed by atoms with Crippen LogP contribution in [0.15, 0.2) is 11.8 Å². The molecule has 0 aliphatic rings. The van der Waals surface area contributed by atoms with Gasteiger partial charge in [-0.15, -0.1) is 17.1 Å². The Morgan fingerprint density at radius 2 is 2.26 bits per heavy atom. The lowest BCUT2D eigenvalue weighted by Crippen LogP contribution is -2.01. The Balaban J connectivity index is 2.85. The molecule has 1 aromatic heterocycles. The molecule has 1 aromatic rings. The highest BCUT2D eigenvalue weighted by Gasteiger charge is 2.09. The molecule has 0 fully saturated rings. The highest BCUT2D eigenvalue weighted by atomic mass is 32.1. The Morgan fingerprint density at radius 3 is 2.84 bits per heavy atom. The molecular weight excluding hydrogens is 282 g/mol. The third-order valence-corrected chi connectivity index (χ3v) is 3.70. The maximum atomic E-state index is 10.5. The summed E-state index contributed by atoms with van der Waals surface area (Å²) in [5.41, 5.74) is 3.00. The predicted molar refractivity (Wildman–Crippen MR) is 79.1 cm³/mol. The largest absolute Gasteiger partial charge is 0.493 e. The van der Waals surface area contributed by atoms with E-state index in [0.29, 0.717) is 27.7 Å². The van der Waals surface area contributed by atoms with Crippen molar-refractivity contribution in [2.45, 2.75) is 33.2 Å². The molecule has 0 spiro atoms. The standard InChI is InChI=1S/C13H17NO3S2/c1-9(2)5-3-6-10-12(17)14(13(18)19-10)8-4-7-11(15)16/h5-6,9,17H,4,7-8H2,1-2H3,(H,15,16). The average molecular weight is 299 g/mol. The number of thiazole rings is 1. The van der Waals surface area contributed by atoms with Crippen LogP contribution in [0.3, 0.4) is 0 Å². The van der Waals surface area contributed by atoms with Gasteiger partial charge in [-0.3, -0.25) is 9.36 Å². The van der Waals surface area contributed by atoms with Crippen LogP contribution >= 0.6 is 23.6 Å². The second kappa shape index (κ2) is 7.28. The zero-order valence-corrected chi connectivity index (χ0v) is 12.6. The summed E-state index contributed by atoms with van der Waals surface area (Å²) in [6.07, 6.45) is 4.11. The van der Waals surface area contributed by atoms with Crippen LogP contribution in [0.4, 0.5) is 0 Å². The second-order valence-corrected chi connectivity index (χ2v) is 6.10. The fourth-order valence-electron chi connectivity index (χ4n) is 1.41. The zero-order chi connectivity index (χ0) is 14.4. The lowest BCUT2D eigenvalue weighted by molar-refractivity contribution is -0.137. The topological polar surface area (TPSA) is 62.5 Å². The zero-order valence-electron chi connectivity index (χ0n) is 10.9. The van der Waals surface area contributed by atoms with E-state index in [4.69, 9.17) is 17.3 Å². The Morgan fingerprint density at radius 1 is 1.58 bits per heavy atom. The van der Waals surface area contributed by atoms with Crippen molar-refractivity contribution >= 4 is 35.6 Å². The molecule has 19 heavy (non-hydrogen) atoms. The molecule has 1 heterocycles. The van der Waals surface area contributed by atoms with Gasteiger partial charge in [-0.25, -0.2) is 0 Å². The minimum Gasteiger partial charge on any atom is -0.493 e. The molecule has 6 heteroatoms. The summed E-state index contributed by atoms with van der Waals surface area (Å²) in [5.74, 6) is -0.365. The molecular formula is C13H17NO3S2. The SMILES string of the molecule is CC(C)C=C=Cc1sc(=S)n(CCCC(=O)O)c1O. The summed E-state index contributed by atoms with van der Waals surface area (Å²) in [4.78, 5) is 11.1. The third kappa shape index (κ3) is 5.03. The first kappa shape index (κ1) is 15.7. The Labute approximate surface area is 121 Å². The van der Waals surface area contributed by atoms with Crippen molar-refractivity contribution in [3.05, 3.63) is 20.6 Å². The van der Waals surface area contributed by atoms with Crippen molar-refractivity contribution in [1.29, 1.82) is 0 Å². The first-order valence-corrected chi connectivity index (χ1v) is 7.21. The fourth-order valence-corrected chi connectivity index (χ4v) is 2.66. The number of hydrogen-bond acceptors (Lipinski definition) is 4.